The van der Waals surface area contributed by atoms with E-state index < -0.39 is 29.2 Å². The number of rotatable bonds is 8. The number of Topliss-reactive ketones (excluding diaryl/α,β-unsaturated/α-hetero) is 1. The lowest BCUT2D eigenvalue weighted by Crippen LogP contribution is -2.64. The molecular weight excluding hydrogens is 320 g/mol. The van der Waals surface area contributed by atoms with Crippen molar-refractivity contribution in [3.8, 4) is 0 Å². The van der Waals surface area contributed by atoms with Crippen molar-refractivity contribution in [3.05, 3.63) is 48.6 Å². The molecule has 1 aliphatic rings. The number of hydrogen-bond acceptors (Lipinski definition) is 4. The first kappa shape index (κ1) is 18.6. The molecule has 6 heteroatoms. The van der Waals surface area contributed by atoms with Crippen molar-refractivity contribution in [1.82, 2.24) is 10.6 Å². The maximum absolute atomic E-state index is 12.7. The molecule has 4 amide bonds. The molecule has 0 aliphatic carbocycles. The molecule has 6 nitrogen and oxygen atoms in total. The number of carbonyl (C=O) groups is 4. The summed E-state index contributed by atoms with van der Waals surface area (Å²) in [5.74, 6) is -2.10. The second kappa shape index (κ2) is 7.88. The molecule has 25 heavy (non-hydrogen) atoms. The molecule has 1 aromatic carbocycles. The van der Waals surface area contributed by atoms with Gasteiger partial charge in [-0.2, -0.15) is 0 Å². The molecule has 0 aromatic heterocycles. The van der Waals surface area contributed by atoms with Crippen LogP contribution in [0.4, 0.5) is 4.79 Å². The third kappa shape index (κ3) is 3.68. The van der Waals surface area contributed by atoms with Crippen LogP contribution in [-0.2, 0) is 14.4 Å². The molecule has 0 spiro atoms. The van der Waals surface area contributed by atoms with Gasteiger partial charge in [-0.1, -0.05) is 43.3 Å². The zero-order chi connectivity index (χ0) is 18.4. The van der Waals surface area contributed by atoms with Crippen molar-refractivity contribution in [2.24, 2.45) is 5.41 Å². The number of urea groups is 1. The summed E-state index contributed by atoms with van der Waals surface area (Å²) in [7, 11) is 0. The average molecular weight is 342 g/mol. The number of allylic oxidation sites excluding steroid dienone is 1. The number of benzene rings is 1. The Morgan fingerprint density at radius 3 is 2.28 bits per heavy atom. The summed E-state index contributed by atoms with van der Waals surface area (Å²) in [5, 5.41) is 4.34. The summed E-state index contributed by atoms with van der Waals surface area (Å²) in [4.78, 5) is 49.3. The van der Waals surface area contributed by atoms with Gasteiger partial charge in [-0.25, -0.2) is 4.79 Å². The summed E-state index contributed by atoms with van der Waals surface area (Å²) >= 11 is 0. The molecule has 2 N–H and O–H groups in total. The van der Waals surface area contributed by atoms with Crippen molar-refractivity contribution in [2.75, 3.05) is 0 Å². The van der Waals surface area contributed by atoms with E-state index in [0.717, 1.165) is 0 Å². The standard InChI is InChI=1S/C19H22N2O4/c1-3-8-14(22)12-15(13-9-6-5-7-10-13)19(11-4-2)16(23)20-18(25)21-17(19)24/h4-7,9-10,15H,2-3,8,11-12H2,1H3,(H2,20,21,23,24,25)/t15-/m1/s1. The zero-order valence-corrected chi connectivity index (χ0v) is 14.2. The molecule has 132 valence electrons. The van der Waals surface area contributed by atoms with E-state index in [-0.39, 0.29) is 18.6 Å². The van der Waals surface area contributed by atoms with Gasteiger partial charge in [0.1, 0.15) is 11.2 Å². The smallest absolute Gasteiger partial charge is 0.300 e. The van der Waals surface area contributed by atoms with E-state index in [1.807, 2.05) is 13.0 Å². The van der Waals surface area contributed by atoms with Crippen LogP contribution in [0.1, 0.15) is 44.1 Å². The number of carbonyl (C=O) groups excluding carboxylic acids is 4. The third-order valence-electron chi connectivity index (χ3n) is 4.49. The predicted molar refractivity (Wildman–Crippen MR) is 92.6 cm³/mol. The first-order valence-corrected chi connectivity index (χ1v) is 8.30. The van der Waals surface area contributed by atoms with E-state index in [9.17, 15) is 19.2 Å². The summed E-state index contributed by atoms with van der Waals surface area (Å²) in [6.07, 6.45) is 2.59. The van der Waals surface area contributed by atoms with E-state index in [1.165, 1.54) is 6.08 Å². The minimum absolute atomic E-state index is 0.0247. The first-order chi connectivity index (χ1) is 12.0. The number of amides is 4. The van der Waals surface area contributed by atoms with Crippen LogP contribution in [0.2, 0.25) is 0 Å². The monoisotopic (exact) mass is 342 g/mol. The predicted octanol–water partition coefficient (Wildman–Crippen LogP) is 2.46. The van der Waals surface area contributed by atoms with Crippen molar-refractivity contribution < 1.29 is 19.2 Å². The highest BCUT2D eigenvalue weighted by Crippen LogP contribution is 2.44. The fourth-order valence-electron chi connectivity index (χ4n) is 3.31. The second-order valence-corrected chi connectivity index (χ2v) is 6.16. The fraction of sp³-hybridized carbons (Fsp3) is 0.368. The number of imide groups is 2. The van der Waals surface area contributed by atoms with Gasteiger partial charge in [0.05, 0.1) is 0 Å². The maximum atomic E-state index is 12.7. The molecule has 0 radical (unpaired) electrons. The highest BCUT2D eigenvalue weighted by atomic mass is 16.2. The van der Waals surface area contributed by atoms with Gasteiger partial charge >= 0.3 is 6.03 Å². The topological polar surface area (TPSA) is 92.3 Å². The van der Waals surface area contributed by atoms with Crippen LogP contribution in [0.5, 0.6) is 0 Å². The highest BCUT2D eigenvalue weighted by Gasteiger charge is 2.55. The van der Waals surface area contributed by atoms with Gasteiger partial charge in [0.15, 0.2) is 0 Å². The Balaban J connectivity index is 2.55. The summed E-state index contributed by atoms with van der Waals surface area (Å²) < 4.78 is 0. The van der Waals surface area contributed by atoms with E-state index in [2.05, 4.69) is 17.2 Å². The lowest BCUT2D eigenvalue weighted by atomic mass is 9.65. The molecule has 1 heterocycles. The Labute approximate surface area is 146 Å². The van der Waals surface area contributed by atoms with Crippen LogP contribution in [-0.4, -0.2) is 23.6 Å². The van der Waals surface area contributed by atoms with Crippen LogP contribution in [0.3, 0.4) is 0 Å². The summed E-state index contributed by atoms with van der Waals surface area (Å²) in [5.41, 5.74) is -0.881. The number of barbiturate groups is 1. The Bertz CT molecular complexity index is 677. The molecular formula is C19H22N2O4. The largest absolute Gasteiger partial charge is 0.328 e. The molecule has 2 rings (SSSR count). The molecule has 0 saturated carbocycles. The van der Waals surface area contributed by atoms with Crippen molar-refractivity contribution in [1.29, 1.82) is 0 Å². The quantitative estimate of drug-likeness (QED) is 0.561. The van der Waals surface area contributed by atoms with Crippen LogP contribution < -0.4 is 10.6 Å². The molecule has 1 aromatic rings. The van der Waals surface area contributed by atoms with Gasteiger partial charge in [0, 0.05) is 18.8 Å². The molecule has 0 unspecified atom stereocenters. The van der Waals surface area contributed by atoms with Gasteiger partial charge in [0.25, 0.3) is 0 Å². The van der Waals surface area contributed by atoms with Crippen molar-refractivity contribution in [2.45, 2.75) is 38.5 Å². The Morgan fingerprint density at radius 2 is 1.76 bits per heavy atom. The minimum Gasteiger partial charge on any atom is -0.300 e. The Morgan fingerprint density at radius 1 is 1.16 bits per heavy atom. The third-order valence-corrected chi connectivity index (χ3v) is 4.49. The van der Waals surface area contributed by atoms with Gasteiger partial charge < -0.3 is 0 Å². The van der Waals surface area contributed by atoms with Gasteiger partial charge in [-0.05, 0) is 18.4 Å². The first-order valence-electron chi connectivity index (χ1n) is 8.30. The van der Waals surface area contributed by atoms with E-state index in [4.69, 9.17) is 0 Å². The van der Waals surface area contributed by atoms with Crippen LogP contribution in [0.15, 0.2) is 43.0 Å². The van der Waals surface area contributed by atoms with Crippen LogP contribution >= 0.6 is 0 Å². The van der Waals surface area contributed by atoms with E-state index in [1.54, 1.807) is 24.3 Å². The molecule has 1 aliphatic heterocycles. The molecule has 1 saturated heterocycles. The fourth-order valence-corrected chi connectivity index (χ4v) is 3.31. The molecule has 1 atom stereocenters. The second-order valence-electron chi connectivity index (χ2n) is 6.16. The maximum Gasteiger partial charge on any atom is 0.328 e. The van der Waals surface area contributed by atoms with E-state index >= 15 is 0 Å². The summed E-state index contributed by atoms with van der Waals surface area (Å²) in [6, 6.07) is 8.12. The van der Waals surface area contributed by atoms with Crippen LogP contribution in [0.25, 0.3) is 0 Å². The normalized spacial score (nSPS) is 17.4. The lowest BCUT2D eigenvalue weighted by Gasteiger charge is -2.39. The Kier molecular flexibility index (Phi) is 5.85. The van der Waals surface area contributed by atoms with Crippen molar-refractivity contribution in [3.63, 3.8) is 0 Å². The SMILES string of the molecule is C=CCC1([C@H](CC(=O)CCC)c2ccccc2)C(=O)NC(=O)NC1=O. The van der Waals surface area contributed by atoms with Crippen molar-refractivity contribution >= 4 is 23.6 Å². The minimum atomic E-state index is -1.58. The number of hydrogen-bond donors (Lipinski definition) is 2. The number of ketones is 1. The van der Waals surface area contributed by atoms with Gasteiger partial charge in [-0.3, -0.25) is 25.0 Å². The number of nitrogens with one attached hydrogen (secondary N) is 2. The lowest BCUT2D eigenvalue weighted by molar-refractivity contribution is -0.146. The van der Waals surface area contributed by atoms with Gasteiger partial charge in [-0.15, -0.1) is 6.58 Å². The van der Waals surface area contributed by atoms with Crippen LogP contribution in [0, 0.1) is 5.41 Å². The molecule has 0 bridgehead atoms. The summed E-state index contributed by atoms with van der Waals surface area (Å²) in [6.45, 7) is 5.55. The van der Waals surface area contributed by atoms with E-state index in [0.29, 0.717) is 18.4 Å². The highest BCUT2D eigenvalue weighted by molar-refractivity contribution is 6.20. The Hall–Kier alpha value is -2.76. The zero-order valence-electron chi connectivity index (χ0n) is 14.2. The van der Waals surface area contributed by atoms with Gasteiger partial charge in [0.2, 0.25) is 11.8 Å². The average Bonchev–Trinajstić information content (AvgIpc) is 2.57. The molecule has 1 fully saturated rings.